The Kier molecular flexibility index (Phi) is 4.45. The molecule has 0 unspecified atom stereocenters. The maximum Gasteiger partial charge on any atom is 0.256 e. The Bertz CT molecular complexity index is 1170. The number of nitriles is 1. The molecule has 0 atom stereocenters. The van der Waals surface area contributed by atoms with Gasteiger partial charge in [-0.05, 0) is 36.4 Å². The van der Waals surface area contributed by atoms with Crippen molar-refractivity contribution in [2.75, 3.05) is 7.11 Å². The Morgan fingerprint density at radius 2 is 1.93 bits per heavy atom. The lowest BCUT2D eigenvalue weighted by atomic mass is 10.1. The van der Waals surface area contributed by atoms with Gasteiger partial charge in [0.05, 0.1) is 37.6 Å². The molecule has 0 fully saturated rings. The van der Waals surface area contributed by atoms with E-state index in [0.29, 0.717) is 28.5 Å². The monoisotopic (exact) mass is 380 g/mol. The predicted octanol–water partition coefficient (Wildman–Crippen LogP) is 3.41. The van der Waals surface area contributed by atoms with Crippen LogP contribution < -0.4 is 4.74 Å². The van der Waals surface area contributed by atoms with E-state index in [2.05, 4.69) is 15.1 Å². The van der Waals surface area contributed by atoms with E-state index in [9.17, 15) is 14.0 Å². The van der Waals surface area contributed by atoms with Crippen LogP contribution in [0.2, 0.25) is 0 Å². The SMILES string of the molecule is COc1ccc(-c2ncn(CC(F)F)c2-c2ccc3ncc(C#N)n3n2)cc1. The molecular weight excluding hydrogens is 366 g/mol. The highest BCUT2D eigenvalue weighted by atomic mass is 19.3. The second kappa shape index (κ2) is 7.08. The summed E-state index contributed by atoms with van der Waals surface area (Å²) in [4.78, 5) is 8.44. The number of hydrogen-bond donors (Lipinski definition) is 0. The molecule has 0 N–H and O–H groups in total. The van der Waals surface area contributed by atoms with Crippen molar-refractivity contribution in [3.05, 3.63) is 54.6 Å². The summed E-state index contributed by atoms with van der Waals surface area (Å²) in [5, 5.41) is 13.7. The third-order valence-corrected chi connectivity index (χ3v) is 4.26. The van der Waals surface area contributed by atoms with E-state index >= 15 is 0 Å². The van der Waals surface area contributed by atoms with Gasteiger partial charge in [0.15, 0.2) is 11.3 Å². The minimum Gasteiger partial charge on any atom is -0.497 e. The lowest BCUT2D eigenvalue weighted by molar-refractivity contribution is 0.127. The van der Waals surface area contributed by atoms with Gasteiger partial charge in [-0.3, -0.25) is 0 Å². The van der Waals surface area contributed by atoms with Crippen molar-refractivity contribution in [3.63, 3.8) is 0 Å². The van der Waals surface area contributed by atoms with Crippen molar-refractivity contribution >= 4 is 5.65 Å². The van der Waals surface area contributed by atoms with Crippen LogP contribution in [0.3, 0.4) is 0 Å². The van der Waals surface area contributed by atoms with Gasteiger partial charge in [0.2, 0.25) is 0 Å². The van der Waals surface area contributed by atoms with Gasteiger partial charge < -0.3 is 9.30 Å². The van der Waals surface area contributed by atoms with Crippen LogP contribution in [-0.4, -0.2) is 37.7 Å². The van der Waals surface area contributed by atoms with Crippen LogP contribution in [0.25, 0.3) is 28.3 Å². The van der Waals surface area contributed by atoms with Crippen LogP contribution in [0, 0.1) is 11.3 Å². The first-order valence-electron chi connectivity index (χ1n) is 8.33. The molecule has 28 heavy (non-hydrogen) atoms. The molecule has 0 bridgehead atoms. The maximum atomic E-state index is 13.1. The number of methoxy groups -OCH3 is 1. The highest BCUT2D eigenvalue weighted by Gasteiger charge is 2.19. The summed E-state index contributed by atoms with van der Waals surface area (Å²) in [5.41, 5.74) is 2.83. The number of imidazole rings is 2. The maximum absolute atomic E-state index is 13.1. The fourth-order valence-corrected chi connectivity index (χ4v) is 2.97. The van der Waals surface area contributed by atoms with Crippen molar-refractivity contribution in [3.8, 4) is 34.5 Å². The molecule has 7 nitrogen and oxygen atoms in total. The van der Waals surface area contributed by atoms with Crippen molar-refractivity contribution in [1.82, 2.24) is 24.1 Å². The summed E-state index contributed by atoms with van der Waals surface area (Å²) in [6.45, 7) is -0.521. The Hall–Kier alpha value is -3.80. The Morgan fingerprint density at radius 1 is 1.14 bits per heavy atom. The minimum atomic E-state index is -2.55. The minimum absolute atomic E-state index is 0.253. The molecule has 0 spiro atoms. The summed E-state index contributed by atoms with van der Waals surface area (Å²) in [5.74, 6) is 0.675. The second-order valence-corrected chi connectivity index (χ2v) is 5.96. The molecule has 0 radical (unpaired) electrons. The number of rotatable bonds is 5. The van der Waals surface area contributed by atoms with Gasteiger partial charge >= 0.3 is 0 Å². The summed E-state index contributed by atoms with van der Waals surface area (Å²) >= 11 is 0. The standard InChI is InChI=1S/C19H14F2N6O/c1-28-14-4-2-12(3-5-14)18-19(26(11-24-18)10-16(20)21)15-6-7-17-23-9-13(8-22)27(17)25-15/h2-7,9,11,16H,10H2,1H3. The topological polar surface area (TPSA) is 81.0 Å². The first-order valence-corrected chi connectivity index (χ1v) is 8.33. The lowest BCUT2D eigenvalue weighted by Gasteiger charge is -2.10. The van der Waals surface area contributed by atoms with Crippen molar-refractivity contribution < 1.29 is 13.5 Å². The number of nitrogens with zero attached hydrogens (tertiary/aromatic N) is 6. The molecule has 0 aliphatic carbocycles. The van der Waals surface area contributed by atoms with Crippen LogP contribution in [0.1, 0.15) is 5.69 Å². The zero-order valence-electron chi connectivity index (χ0n) is 14.8. The average Bonchev–Trinajstić information content (AvgIpc) is 3.30. The molecule has 9 heteroatoms. The lowest BCUT2D eigenvalue weighted by Crippen LogP contribution is -2.08. The highest BCUT2D eigenvalue weighted by Crippen LogP contribution is 2.31. The van der Waals surface area contributed by atoms with Gasteiger partial charge in [-0.2, -0.15) is 10.4 Å². The van der Waals surface area contributed by atoms with Gasteiger partial charge in [-0.15, -0.1) is 0 Å². The summed E-state index contributed by atoms with van der Waals surface area (Å²) in [6, 6.07) is 12.5. The summed E-state index contributed by atoms with van der Waals surface area (Å²) < 4.78 is 34.1. The van der Waals surface area contributed by atoms with Crippen LogP contribution in [0.15, 0.2) is 48.9 Å². The number of hydrogen-bond acceptors (Lipinski definition) is 5. The zero-order valence-corrected chi connectivity index (χ0v) is 14.8. The van der Waals surface area contributed by atoms with E-state index in [-0.39, 0.29) is 5.69 Å². The molecule has 140 valence electrons. The molecule has 3 aromatic heterocycles. The zero-order chi connectivity index (χ0) is 19.7. The molecule has 0 aliphatic heterocycles. The Balaban J connectivity index is 1.90. The number of fused-ring (bicyclic) bond motifs is 1. The Labute approximate surface area is 158 Å². The van der Waals surface area contributed by atoms with Crippen LogP contribution in [-0.2, 0) is 6.54 Å². The van der Waals surface area contributed by atoms with Gasteiger partial charge in [-0.25, -0.2) is 23.3 Å². The number of aromatic nitrogens is 5. The molecule has 3 heterocycles. The first kappa shape index (κ1) is 17.6. The van der Waals surface area contributed by atoms with E-state index in [1.165, 1.54) is 21.6 Å². The molecule has 4 aromatic rings. The Morgan fingerprint density at radius 3 is 2.61 bits per heavy atom. The van der Waals surface area contributed by atoms with E-state index in [0.717, 1.165) is 5.56 Å². The summed E-state index contributed by atoms with van der Waals surface area (Å²) in [6.07, 6.45) is 0.224. The van der Waals surface area contributed by atoms with Gasteiger partial charge in [0, 0.05) is 5.56 Å². The van der Waals surface area contributed by atoms with E-state index in [1.807, 2.05) is 6.07 Å². The largest absolute Gasteiger partial charge is 0.497 e. The second-order valence-electron chi connectivity index (χ2n) is 5.96. The van der Waals surface area contributed by atoms with Crippen molar-refractivity contribution in [1.29, 1.82) is 5.26 Å². The van der Waals surface area contributed by atoms with Crippen LogP contribution >= 0.6 is 0 Å². The highest BCUT2D eigenvalue weighted by molar-refractivity contribution is 5.77. The van der Waals surface area contributed by atoms with Crippen molar-refractivity contribution in [2.24, 2.45) is 0 Å². The fraction of sp³-hybridized carbons (Fsp3) is 0.158. The molecule has 0 saturated carbocycles. The number of halogens is 2. The third-order valence-electron chi connectivity index (χ3n) is 4.26. The summed E-state index contributed by atoms with van der Waals surface area (Å²) in [7, 11) is 1.56. The molecule has 0 aliphatic rings. The predicted molar refractivity (Wildman–Crippen MR) is 96.9 cm³/mol. The smallest absolute Gasteiger partial charge is 0.256 e. The van der Waals surface area contributed by atoms with E-state index in [1.54, 1.807) is 43.5 Å². The third kappa shape index (κ3) is 3.05. The van der Waals surface area contributed by atoms with Gasteiger partial charge in [-0.1, -0.05) is 0 Å². The van der Waals surface area contributed by atoms with Crippen LogP contribution in [0.4, 0.5) is 8.78 Å². The normalized spacial score (nSPS) is 11.1. The molecular formula is C19H14F2N6O. The van der Waals surface area contributed by atoms with Gasteiger partial charge in [0.25, 0.3) is 6.43 Å². The molecule has 0 saturated heterocycles. The average molecular weight is 380 g/mol. The fourth-order valence-electron chi connectivity index (χ4n) is 2.97. The van der Waals surface area contributed by atoms with E-state index < -0.39 is 13.0 Å². The molecule has 0 amide bonds. The van der Waals surface area contributed by atoms with Crippen LogP contribution in [0.5, 0.6) is 5.75 Å². The van der Waals surface area contributed by atoms with Crippen molar-refractivity contribution in [2.45, 2.75) is 13.0 Å². The number of ether oxygens (including phenoxy) is 1. The number of benzene rings is 1. The van der Waals surface area contributed by atoms with Gasteiger partial charge in [0.1, 0.15) is 17.5 Å². The molecule has 1 aromatic carbocycles. The quantitative estimate of drug-likeness (QED) is 0.530. The van der Waals surface area contributed by atoms with E-state index in [4.69, 9.17) is 4.74 Å². The first-order chi connectivity index (χ1) is 13.6. The number of alkyl halides is 2. The molecule has 4 rings (SSSR count).